The van der Waals surface area contributed by atoms with Crippen molar-refractivity contribution in [3.05, 3.63) is 82.9 Å². The van der Waals surface area contributed by atoms with Gasteiger partial charge in [0.05, 0.1) is 12.1 Å². The number of aliphatic hydroxyl groups excluding tert-OH is 1. The summed E-state index contributed by atoms with van der Waals surface area (Å²) in [7, 11) is 0. The van der Waals surface area contributed by atoms with E-state index in [0.717, 1.165) is 31.7 Å². The number of amides is 1. The minimum absolute atomic E-state index is 0.0183. The van der Waals surface area contributed by atoms with E-state index in [1.165, 1.54) is 35.8 Å². The summed E-state index contributed by atoms with van der Waals surface area (Å²) < 4.78 is 27.8. The van der Waals surface area contributed by atoms with Crippen molar-refractivity contribution >= 4 is 5.91 Å². The predicted molar refractivity (Wildman–Crippen MR) is 150 cm³/mol. The lowest BCUT2D eigenvalue weighted by atomic mass is 9.74. The van der Waals surface area contributed by atoms with Gasteiger partial charge in [0.25, 0.3) is 0 Å². The summed E-state index contributed by atoms with van der Waals surface area (Å²) in [6.45, 7) is 10.8. The molecule has 1 saturated carbocycles. The molecule has 3 rings (SSSR count). The molecule has 0 saturated heterocycles. The van der Waals surface area contributed by atoms with Crippen LogP contribution in [0.5, 0.6) is 0 Å². The van der Waals surface area contributed by atoms with Crippen molar-refractivity contribution in [1.82, 2.24) is 10.6 Å². The lowest BCUT2D eigenvalue weighted by Gasteiger charge is -2.41. The smallest absolute Gasteiger partial charge is 0.243 e. The molecule has 6 heteroatoms. The first-order chi connectivity index (χ1) is 17.9. The highest BCUT2D eigenvalue weighted by Gasteiger charge is 2.35. The summed E-state index contributed by atoms with van der Waals surface area (Å²) in [5, 5.41) is 17.9. The molecule has 2 atom stereocenters. The summed E-state index contributed by atoms with van der Waals surface area (Å²) in [6, 6.07) is 11.3. The molecule has 1 aliphatic rings. The molecule has 0 spiro atoms. The molecule has 2 unspecified atom stereocenters. The zero-order valence-electron chi connectivity index (χ0n) is 23.5. The quantitative estimate of drug-likeness (QED) is 0.318. The van der Waals surface area contributed by atoms with Crippen LogP contribution in [0.4, 0.5) is 8.78 Å². The van der Waals surface area contributed by atoms with Crippen molar-refractivity contribution < 1.29 is 18.7 Å². The zero-order valence-corrected chi connectivity index (χ0v) is 23.5. The number of halogens is 2. The van der Waals surface area contributed by atoms with Gasteiger partial charge in [0.15, 0.2) is 0 Å². The van der Waals surface area contributed by atoms with Crippen LogP contribution in [0.15, 0.2) is 54.6 Å². The molecule has 1 fully saturated rings. The highest BCUT2D eigenvalue weighted by Crippen LogP contribution is 2.38. The summed E-state index contributed by atoms with van der Waals surface area (Å²) in [4.78, 5) is 12.6. The van der Waals surface area contributed by atoms with Crippen molar-refractivity contribution in [2.45, 2.75) is 96.2 Å². The van der Waals surface area contributed by atoms with Crippen LogP contribution < -0.4 is 10.6 Å². The second-order valence-corrected chi connectivity index (χ2v) is 12.1. The molecule has 0 heterocycles. The number of rotatable bonds is 10. The molecule has 0 radical (unpaired) electrons. The van der Waals surface area contributed by atoms with Gasteiger partial charge < -0.3 is 15.7 Å². The summed E-state index contributed by atoms with van der Waals surface area (Å²) in [5.74, 6) is -1.52. The van der Waals surface area contributed by atoms with Gasteiger partial charge in [-0.2, -0.15) is 0 Å². The minimum atomic E-state index is -0.970. The summed E-state index contributed by atoms with van der Waals surface area (Å²) >= 11 is 0. The molecule has 0 aliphatic heterocycles. The standard InChI is InChI=1S/C32H44F2N2O2/c1-22(2)12-13-30(38)36-28(18-23-16-26(33)20-27(34)17-23)29(37)21-35-32(14-7-6-8-15-32)25-11-9-10-24(19-25)31(3,4)5/h9-13,16-17,19-20,22,28-29,35,37H,6-8,14-15,18,21H2,1-5H3,(H,36,38). The van der Waals surface area contributed by atoms with Crippen LogP contribution in [0, 0.1) is 17.6 Å². The van der Waals surface area contributed by atoms with Crippen molar-refractivity contribution in [2.24, 2.45) is 5.92 Å². The van der Waals surface area contributed by atoms with E-state index in [0.29, 0.717) is 5.56 Å². The molecule has 38 heavy (non-hydrogen) atoms. The Kier molecular flexibility index (Phi) is 10.2. The third kappa shape index (κ3) is 8.47. The fourth-order valence-electron chi connectivity index (χ4n) is 5.23. The average Bonchev–Trinajstić information content (AvgIpc) is 2.85. The van der Waals surface area contributed by atoms with Gasteiger partial charge in [-0.15, -0.1) is 0 Å². The Hall–Kier alpha value is -2.57. The van der Waals surface area contributed by atoms with Gasteiger partial charge in [-0.25, -0.2) is 8.78 Å². The van der Waals surface area contributed by atoms with Crippen LogP contribution in [-0.4, -0.2) is 29.7 Å². The number of nitrogens with one attached hydrogen (secondary N) is 2. The monoisotopic (exact) mass is 526 g/mol. The molecule has 0 aromatic heterocycles. The number of carbonyl (C=O) groups excluding carboxylic acids is 1. The summed E-state index contributed by atoms with van der Waals surface area (Å²) in [6.07, 6.45) is 7.62. The molecular weight excluding hydrogens is 482 g/mol. The normalized spacial score (nSPS) is 17.5. The maximum atomic E-state index is 13.9. The zero-order chi connectivity index (χ0) is 27.9. The number of carbonyl (C=O) groups is 1. The van der Waals surface area contributed by atoms with Crippen LogP contribution in [0.25, 0.3) is 0 Å². The molecular formula is C32H44F2N2O2. The van der Waals surface area contributed by atoms with Gasteiger partial charge in [-0.1, -0.05) is 84.2 Å². The van der Waals surface area contributed by atoms with Gasteiger partial charge in [0, 0.05) is 18.2 Å². The largest absolute Gasteiger partial charge is 0.390 e. The van der Waals surface area contributed by atoms with Gasteiger partial charge in [-0.3, -0.25) is 4.79 Å². The van der Waals surface area contributed by atoms with E-state index >= 15 is 0 Å². The molecule has 4 nitrogen and oxygen atoms in total. The third-order valence-electron chi connectivity index (χ3n) is 7.44. The highest BCUT2D eigenvalue weighted by molar-refractivity contribution is 5.87. The maximum Gasteiger partial charge on any atom is 0.243 e. The van der Waals surface area contributed by atoms with Crippen LogP contribution >= 0.6 is 0 Å². The van der Waals surface area contributed by atoms with Crippen LogP contribution in [0.2, 0.25) is 0 Å². The van der Waals surface area contributed by atoms with Crippen molar-refractivity contribution in [1.29, 1.82) is 0 Å². The molecule has 2 aromatic carbocycles. The van der Waals surface area contributed by atoms with Crippen molar-refractivity contribution in [2.75, 3.05) is 6.54 Å². The topological polar surface area (TPSA) is 61.4 Å². The second kappa shape index (κ2) is 13.0. The molecule has 1 amide bonds. The SMILES string of the molecule is CC(C)C=CC(=O)NC(Cc1cc(F)cc(F)c1)C(O)CNC1(c2cccc(C(C)(C)C)c2)CCCCC1. The third-order valence-corrected chi connectivity index (χ3v) is 7.44. The number of hydrogen-bond donors (Lipinski definition) is 3. The van der Waals surface area contributed by atoms with E-state index in [9.17, 15) is 18.7 Å². The van der Waals surface area contributed by atoms with Crippen molar-refractivity contribution in [3.8, 4) is 0 Å². The predicted octanol–water partition coefficient (Wildman–Crippen LogP) is 6.31. The van der Waals surface area contributed by atoms with E-state index < -0.39 is 23.8 Å². The fraction of sp³-hybridized carbons (Fsp3) is 0.531. The number of aliphatic hydroxyl groups is 1. The molecule has 1 aliphatic carbocycles. The summed E-state index contributed by atoms with van der Waals surface area (Å²) in [5.41, 5.74) is 2.59. The van der Waals surface area contributed by atoms with Crippen LogP contribution in [-0.2, 0) is 22.2 Å². The number of allylic oxidation sites excluding steroid dienone is 1. The van der Waals surface area contributed by atoms with E-state index in [1.807, 2.05) is 13.8 Å². The molecule has 208 valence electrons. The Labute approximate surface area is 226 Å². The van der Waals surface area contributed by atoms with Gasteiger partial charge >= 0.3 is 0 Å². The first-order valence-electron chi connectivity index (χ1n) is 13.9. The lowest BCUT2D eigenvalue weighted by molar-refractivity contribution is -0.118. The second-order valence-electron chi connectivity index (χ2n) is 12.1. The van der Waals surface area contributed by atoms with Gasteiger partial charge in [0.1, 0.15) is 11.6 Å². The Morgan fingerprint density at radius 2 is 1.71 bits per heavy atom. The van der Waals surface area contributed by atoms with E-state index in [-0.39, 0.29) is 35.7 Å². The van der Waals surface area contributed by atoms with Gasteiger partial charge in [0.2, 0.25) is 5.91 Å². The Balaban J connectivity index is 1.83. The average molecular weight is 527 g/mol. The van der Waals surface area contributed by atoms with E-state index in [2.05, 4.69) is 55.7 Å². The number of hydrogen-bond acceptors (Lipinski definition) is 3. The fourth-order valence-corrected chi connectivity index (χ4v) is 5.23. The molecule has 3 N–H and O–H groups in total. The Morgan fingerprint density at radius 1 is 1.05 bits per heavy atom. The van der Waals surface area contributed by atoms with Crippen molar-refractivity contribution in [3.63, 3.8) is 0 Å². The first-order valence-corrected chi connectivity index (χ1v) is 13.9. The molecule has 2 aromatic rings. The first kappa shape index (κ1) is 30.0. The Morgan fingerprint density at radius 3 is 2.32 bits per heavy atom. The van der Waals surface area contributed by atoms with E-state index in [1.54, 1.807) is 6.08 Å². The van der Waals surface area contributed by atoms with Crippen LogP contribution in [0.3, 0.4) is 0 Å². The van der Waals surface area contributed by atoms with Crippen LogP contribution in [0.1, 0.15) is 83.4 Å². The Bertz CT molecular complexity index is 1080. The lowest BCUT2D eigenvalue weighted by Crippen LogP contribution is -2.53. The highest BCUT2D eigenvalue weighted by atomic mass is 19.1. The number of benzene rings is 2. The molecule has 0 bridgehead atoms. The maximum absolute atomic E-state index is 13.9. The van der Waals surface area contributed by atoms with E-state index in [4.69, 9.17) is 0 Å². The minimum Gasteiger partial charge on any atom is -0.390 e. The van der Waals surface area contributed by atoms with Gasteiger partial charge in [-0.05, 0) is 65.5 Å².